The van der Waals surface area contributed by atoms with Gasteiger partial charge in [-0.2, -0.15) is 0 Å². The van der Waals surface area contributed by atoms with Gasteiger partial charge in [-0.05, 0) is 33.2 Å². The van der Waals surface area contributed by atoms with E-state index in [1.165, 1.54) is 0 Å². The highest BCUT2D eigenvalue weighted by Gasteiger charge is 2.22. The zero-order valence-corrected chi connectivity index (χ0v) is 9.58. The zero-order chi connectivity index (χ0) is 11.5. The number of amides is 1. The SMILES string of the molecule is Cc1cc(NC(=O)[C@@H]2CCCN2)nc(C)n1. The third kappa shape index (κ3) is 2.55. The number of aryl methyl sites for hydroxylation is 2. The normalized spacial score (nSPS) is 19.8. The molecule has 5 nitrogen and oxygen atoms in total. The largest absolute Gasteiger partial charge is 0.309 e. The van der Waals surface area contributed by atoms with E-state index < -0.39 is 0 Å². The fourth-order valence-electron chi connectivity index (χ4n) is 1.90. The highest BCUT2D eigenvalue weighted by atomic mass is 16.2. The molecule has 1 aromatic heterocycles. The lowest BCUT2D eigenvalue weighted by molar-refractivity contribution is -0.117. The molecule has 5 heteroatoms. The molecule has 1 aromatic rings. The summed E-state index contributed by atoms with van der Waals surface area (Å²) in [6.07, 6.45) is 1.95. The lowest BCUT2D eigenvalue weighted by Gasteiger charge is -2.10. The van der Waals surface area contributed by atoms with Crippen LogP contribution in [0.2, 0.25) is 0 Å². The molecule has 1 aliphatic heterocycles. The second kappa shape index (κ2) is 4.57. The Labute approximate surface area is 94.7 Å². The predicted molar refractivity (Wildman–Crippen MR) is 61.2 cm³/mol. The molecule has 0 radical (unpaired) electrons. The third-order valence-corrected chi connectivity index (χ3v) is 2.59. The maximum atomic E-state index is 11.8. The summed E-state index contributed by atoms with van der Waals surface area (Å²) in [6, 6.07) is 1.70. The van der Waals surface area contributed by atoms with E-state index in [0.29, 0.717) is 11.6 Å². The summed E-state index contributed by atoms with van der Waals surface area (Å²) < 4.78 is 0. The average molecular weight is 220 g/mol. The molecule has 0 aliphatic carbocycles. The number of rotatable bonds is 2. The summed E-state index contributed by atoms with van der Waals surface area (Å²) in [5.41, 5.74) is 0.863. The highest BCUT2D eigenvalue weighted by molar-refractivity contribution is 5.94. The minimum atomic E-state index is -0.0735. The first kappa shape index (κ1) is 11.0. The summed E-state index contributed by atoms with van der Waals surface area (Å²) in [4.78, 5) is 20.1. The summed E-state index contributed by atoms with van der Waals surface area (Å²) in [5, 5.41) is 5.96. The second-order valence-electron chi connectivity index (χ2n) is 4.08. The van der Waals surface area contributed by atoms with Gasteiger partial charge < -0.3 is 10.6 Å². The van der Waals surface area contributed by atoms with Crippen molar-refractivity contribution in [3.05, 3.63) is 17.6 Å². The summed E-state index contributed by atoms with van der Waals surface area (Å²) in [6.45, 7) is 4.62. The molecule has 2 heterocycles. The molecule has 1 aliphatic rings. The Bertz CT molecular complexity index is 379. The Morgan fingerprint density at radius 3 is 2.94 bits per heavy atom. The van der Waals surface area contributed by atoms with Crippen LogP contribution in [0, 0.1) is 13.8 Å². The van der Waals surface area contributed by atoms with Crippen LogP contribution in [0.25, 0.3) is 0 Å². The third-order valence-electron chi connectivity index (χ3n) is 2.59. The van der Waals surface area contributed by atoms with E-state index in [0.717, 1.165) is 25.1 Å². The molecule has 1 atom stereocenters. The van der Waals surface area contributed by atoms with Gasteiger partial charge in [-0.1, -0.05) is 0 Å². The Hall–Kier alpha value is -1.49. The molecule has 0 saturated carbocycles. The quantitative estimate of drug-likeness (QED) is 0.773. The molecule has 86 valence electrons. The fourth-order valence-corrected chi connectivity index (χ4v) is 1.90. The van der Waals surface area contributed by atoms with Crippen molar-refractivity contribution in [1.29, 1.82) is 0 Å². The van der Waals surface area contributed by atoms with E-state index in [9.17, 15) is 4.79 Å². The summed E-state index contributed by atoms with van der Waals surface area (Å²) >= 11 is 0. The van der Waals surface area contributed by atoms with Crippen LogP contribution in [0.4, 0.5) is 5.82 Å². The van der Waals surface area contributed by atoms with Crippen LogP contribution in [0.3, 0.4) is 0 Å². The maximum Gasteiger partial charge on any atom is 0.242 e. The summed E-state index contributed by atoms with van der Waals surface area (Å²) in [5.74, 6) is 1.26. The molecule has 1 fully saturated rings. The van der Waals surface area contributed by atoms with Crippen molar-refractivity contribution in [2.24, 2.45) is 0 Å². The first-order valence-corrected chi connectivity index (χ1v) is 5.52. The minimum Gasteiger partial charge on any atom is -0.309 e. The first-order valence-electron chi connectivity index (χ1n) is 5.52. The number of carbonyl (C=O) groups is 1. The van der Waals surface area contributed by atoms with E-state index in [2.05, 4.69) is 20.6 Å². The molecule has 0 bridgehead atoms. The van der Waals surface area contributed by atoms with Crippen molar-refractivity contribution in [3.63, 3.8) is 0 Å². The van der Waals surface area contributed by atoms with Crippen LogP contribution in [-0.2, 0) is 4.79 Å². The number of carbonyl (C=O) groups excluding carboxylic acids is 1. The van der Waals surface area contributed by atoms with Gasteiger partial charge in [-0.25, -0.2) is 9.97 Å². The van der Waals surface area contributed by atoms with E-state index >= 15 is 0 Å². The van der Waals surface area contributed by atoms with E-state index in [1.807, 2.05) is 13.8 Å². The summed E-state index contributed by atoms with van der Waals surface area (Å²) in [7, 11) is 0. The van der Waals surface area contributed by atoms with Crippen molar-refractivity contribution in [2.75, 3.05) is 11.9 Å². The Balaban J connectivity index is 2.05. The second-order valence-corrected chi connectivity index (χ2v) is 4.08. The van der Waals surface area contributed by atoms with Crippen LogP contribution in [-0.4, -0.2) is 28.5 Å². The Kier molecular flexibility index (Phi) is 3.14. The Morgan fingerprint density at radius 1 is 1.50 bits per heavy atom. The van der Waals surface area contributed by atoms with Gasteiger partial charge in [-0.15, -0.1) is 0 Å². The van der Waals surface area contributed by atoms with Crippen molar-refractivity contribution in [1.82, 2.24) is 15.3 Å². The molecule has 1 amide bonds. The predicted octanol–water partition coefficient (Wildman–Crippen LogP) is 0.784. The monoisotopic (exact) mass is 220 g/mol. The van der Waals surface area contributed by atoms with Crippen LogP contribution in [0.5, 0.6) is 0 Å². The molecule has 16 heavy (non-hydrogen) atoms. The number of nitrogens with zero attached hydrogens (tertiary/aromatic N) is 2. The molecule has 0 spiro atoms. The molecule has 0 aromatic carbocycles. The van der Waals surface area contributed by atoms with Gasteiger partial charge in [0.15, 0.2) is 0 Å². The molecule has 1 saturated heterocycles. The molecular formula is C11H16N4O. The number of nitrogens with one attached hydrogen (secondary N) is 2. The van der Waals surface area contributed by atoms with Gasteiger partial charge >= 0.3 is 0 Å². The molecular weight excluding hydrogens is 204 g/mol. The van der Waals surface area contributed by atoms with Gasteiger partial charge in [0.1, 0.15) is 11.6 Å². The molecule has 2 rings (SSSR count). The first-order chi connectivity index (χ1) is 7.65. The number of hydrogen-bond donors (Lipinski definition) is 2. The molecule has 0 unspecified atom stereocenters. The zero-order valence-electron chi connectivity index (χ0n) is 9.58. The van der Waals surface area contributed by atoms with Crippen LogP contribution in [0.15, 0.2) is 6.07 Å². The van der Waals surface area contributed by atoms with Crippen molar-refractivity contribution >= 4 is 11.7 Å². The van der Waals surface area contributed by atoms with E-state index in [4.69, 9.17) is 0 Å². The molecule has 2 N–H and O–H groups in total. The van der Waals surface area contributed by atoms with Gasteiger partial charge in [0.2, 0.25) is 5.91 Å². The van der Waals surface area contributed by atoms with Gasteiger partial charge in [-0.3, -0.25) is 4.79 Å². The van der Waals surface area contributed by atoms with E-state index in [-0.39, 0.29) is 11.9 Å². The van der Waals surface area contributed by atoms with Gasteiger partial charge in [0.25, 0.3) is 0 Å². The highest BCUT2D eigenvalue weighted by Crippen LogP contribution is 2.10. The lowest BCUT2D eigenvalue weighted by atomic mass is 10.2. The minimum absolute atomic E-state index is 0.00463. The van der Waals surface area contributed by atoms with Crippen LogP contribution < -0.4 is 10.6 Å². The van der Waals surface area contributed by atoms with Crippen molar-refractivity contribution in [2.45, 2.75) is 32.7 Å². The standard InChI is InChI=1S/C11H16N4O/c1-7-6-10(14-8(2)13-7)15-11(16)9-4-3-5-12-9/h6,9,12H,3-5H2,1-2H3,(H,13,14,15,16)/t9-/m0/s1. The lowest BCUT2D eigenvalue weighted by Crippen LogP contribution is -2.35. The van der Waals surface area contributed by atoms with Crippen molar-refractivity contribution in [3.8, 4) is 0 Å². The van der Waals surface area contributed by atoms with Crippen LogP contribution in [0.1, 0.15) is 24.4 Å². The van der Waals surface area contributed by atoms with Crippen molar-refractivity contribution < 1.29 is 4.79 Å². The fraction of sp³-hybridized carbons (Fsp3) is 0.545. The van der Waals surface area contributed by atoms with E-state index in [1.54, 1.807) is 6.07 Å². The number of hydrogen-bond acceptors (Lipinski definition) is 4. The average Bonchev–Trinajstić information content (AvgIpc) is 2.68. The maximum absolute atomic E-state index is 11.8. The van der Waals surface area contributed by atoms with Gasteiger partial charge in [0.05, 0.1) is 6.04 Å². The van der Waals surface area contributed by atoms with Gasteiger partial charge in [0, 0.05) is 11.8 Å². The van der Waals surface area contributed by atoms with Crippen LogP contribution >= 0.6 is 0 Å². The topological polar surface area (TPSA) is 66.9 Å². The smallest absolute Gasteiger partial charge is 0.242 e. The Morgan fingerprint density at radius 2 is 2.31 bits per heavy atom. The number of anilines is 1. The number of aromatic nitrogens is 2.